The monoisotopic (exact) mass is 282 g/mol. The van der Waals surface area contributed by atoms with Crippen molar-refractivity contribution in [2.24, 2.45) is 0 Å². The van der Waals surface area contributed by atoms with Crippen LogP contribution in [0.4, 0.5) is 5.82 Å². The highest BCUT2D eigenvalue weighted by Crippen LogP contribution is 2.18. The highest BCUT2D eigenvalue weighted by Gasteiger charge is 2.21. The first-order chi connectivity index (χ1) is 9.36. The second-order valence-corrected chi connectivity index (χ2v) is 4.55. The van der Waals surface area contributed by atoms with Crippen molar-refractivity contribution in [2.45, 2.75) is 19.3 Å². The summed E-state index contributed by atoms with van der Waals surface area (Å²) in [6, 6.07) is 0. The Morgan fingerprint density at radius 2 is 2.00 bits per heavy atom. The zero-order chi connectivity index (χ0) is 15.3. The van der Waals surface area contributed by atoms with Crippen LogP contribution >= 0.6 is 0 Å². The van der Waals surface area contributed by atoms with Crippen molar-refractivity contribution in [3.8, 4) is 0 Å². The normalized spacial score (nSPS) is 10.2. The van der Waals surface area contributed by atoms with Crippen LogP contribution < -0.4 is 4.90 Å². The van der Waals surface area contributed by atoms with E-state index >= 15 is 0 Å². The summed E-state index contributed by atoms with van der Waals surface area (Å²) in [5.74, 6) is -0.457. The molecule has 0 saturated carbocycles. The number of hydrogen-bond donors (Lipinski definition) is 2. The molecule has 0 bridgehead atoms. The van der Waals surface area contributed by atoms with Gasteiger partial charge in [-0.3, -0.25) is 14.4 Å². The fourth-order valence-corrected chi connectivity index (χ4v) is 1.62. The molecule has 0 fully saturated rings. The number of hydrogen-bond acceptors (Lipinski definition) is 4. The third-order valence-corrected chi connectivity index (χ3v) is 2.65. The molecule has 0 aliphatic heterocycles. The number of aromatic nitrogens is 2. The van der Waals surface area contributed by atoms with Crippen molar-refractivity contribution >= 4 is 24.1 Å². The minimum atomic E-state index is -0.883. The van der Waals surface area contributed by atoms with Crippen LogP contribution in [0.2, 0.25) is 0 Å². The molecule has 0 spiro atoms. The van der Waals surface area contributed by atoms with Gasteiger partial charge in [-0.1, -0.05) is 0 Å². The van der Waals surface area contributed by atoms with Crippen molar-refractivity contribution in [2.75, 3.05) is 26.0 Å². The zero-order valence-corrected chi connectivity index (χ0v) is 11.7. The number of aryl methyl sites for hydroxylation is 1. The number of anilines is 1. The van der Waals surface area contributed by atoms with Gasteiger partial charge in [0.2, 0.25) is 6.41 Å². The Bertz CT molecular complexity index is 510. The second-order valence-electron chi connectivity index (χ2n) is 4.55. The maximum Gasteiger partial charge on any atom is 0.303 e. The van der Waals surface area contributed by atoms with Crippen molar-refractivity contribution in [1.29, 1.82) is 0 Å². The number of carboxylic acid groups (broad SMARTS) is 1. The largest absolute Gasteiger partial charge is 0.481 e. The first-order valence-corrected chi connectivity index (χ1v) is 6.07. The predicted octanol–water partition coefficient (Wildman–Crippen LogP) is 0.111. The molecule has 1 aromatic rings. The lowest BCUT2D eigenvalue weighted by Gasteiger charge is -2.12. The summed E-state index contributed by atoms with van der Waals surface area (Å²) in [7, 11) is 4.69. The molecular weight excluding hydrogens is 264 g/mol. The van der Waals surface area contributed by atoms with Gasteiger partial charge in [0.1, 0.15) is 11.5 Å². The van der Waals surface area contributed by atoms with Gasteiger partial charge in [-0.2, -0.15) is 0 Å². The average Bonchev–Trinajstić information content (AvgIpc) is 2.80. The van der Waals surface area contributed by atoms with Crippen LogP contribution in [0.1, 0.15) is 29.2 Å². The summed E-state index contributed by atoms with van der Waals surface area (Å²) in [4.78, 5) is 42.9. The quantitative estimate of drug-likeness (QED) is 0.690. The smallest absolute Gasteiger partial charge is 0.303 e. The third-order valence-electron chi connectivity index (χ3n) is 2.65. The number of aliphatic carboxylic acids is 1. The van der Waals surface area contributed by atoms with E-state index in [1.807, 2.05) is 0 Å². The SMILES string of the molecule is CN(C)C(=O)c1[nH]c(CCCC(=O)O)nc1N(C)C=O. The predicted molar refractivity (Wildman–Crippen MR) is 71.6 cm³/mol. The van der Waals surface area contributed by atoms with E-state index in [9.17, 15) is 14.4 Å². The van der Waals surface area contributed by atoms with Crippen LogP contribution in [0.3, 0.4) is 0 Å². The molecule has 8 nitrogen and oxygen atoms in total. The molecule has 2 amide bonds. The van der Waals surface area contributed by atoms with Gasteiger partial charge in [0, 0.05) is 34.0 Å². The minimum absolute atomic E-state index is 0.0243. The van der Waals surface area contributed by atoms with E-state index < -0.39 is 5.97 Å². The van der Waals surface area contributed by atoms with Gasteiger partial charge >= 0.3 is 5.97 Å². The molecule has 0 aliphatic carbocycles. The van der Waals surface area contributed by atoms with Crippen molar-refractivity contribution in [3.63, 3.8) is 0 Å². The van der Waals surface area contributed by atoms with E-state index in [2.05, 4.69) is 9.97 Å². The van der Waals surface area contributed by atoms with Gasteiger partial charge in [0.15, 0.2) is 5.82 Å². The number of imidazole rings is 1. The van der Waals surface area contributed by atoms with E-state index in [4.69, 9.17) is 5.11 Å². The van der Waals surface area contributed by atoms with E-state index in [-0.39, 0.29) is 23.8 Å². The van der Waals surface area contributed by atoms with Gasteiger partial charge in [-0.15, -0.1) is 0 Å². The van der Waals surface area contributed by atoms with Gasteiger partial charge in [-0.25, -0.2) is 4.98 Å². The summed E-state index contributed by atoms with van der Waals surface area (Å²) < 4.78 is 0. The Kier molecular flexibility index (Phi) is 5.24. The Morgan fingerprint density at radius 1 is 1.35 bits per heavy atom. The molecular formula is C12H18N4O4. The number of carboxylic acids is 1. The molecule has 0 radical (unpaired) electrons. The minimum Gasteiger partial charge on any atom is -0.481 e. The zero-order valence-electron chi connectivity index (χ0n) is 11.7. The van der Waals surface area contributed by atoms with E-state index in [1.165, 1.54) is 16.8 Å². The molecule has 1 rings (SSSR count). The fourth-order valence-electron chi connectivity index (χ4n) is 1.62. The molecule has 0 aliphatic rings. The molecule has 0 unspecified atom stereocenters. The summed E-state index contributed by atoms with van der Waals surface area (Å²) in [6.07, 6.45) is 1.38. The van der Waals surface area contributed by atoms with Crippen LogP contribution in [0, 0.1) is 0 Å². The van der Waals surface area contributed by atoms with E-state index in [1.54, 1.807) is 14.1 Å². The van der Waals surface area contributed by atoms with Crippen LogP contribution in [-0.4, -0.2) is 59.4 Å². The Morgan fingerprint density at radius 3 is 2.50 bits per heavy atom. The lowest BCUT2D eigenvalue weighted by Crippen LogP contribution is -2.25. The number of carbonyl (C=O) groups excluding carboxylic acids is 2. The van der Waals surface area contributed by atoms with Gasteiger partial charge in [0.25, 0.3) is 5.91 Å². The van der Waals surface area contributed by atoms with Gasteiger partial charge in [0.05, 0.1) is 0 Å². The fraction of sp³-hybridized carbons (Fsp3) is 0.500. The van der Waals surface area contributed by atoms with E-state index in [0.717, 1.165) is 0 Å². The molecule has 0 aromatic carbocycles. The lowest BCUT2D eigenvalue weighted by atomic mass is 10.2. The maximum atomic E-state index is 12.0. The molecule has 20 heavy (non-hydrogen) atoms. The van der Waals surface area contributed by atoms with Crippen LogP contribution in [-0.2, 0) is 16.0 Å². The maximum absolute atomic E-state index is 12.0. The molecule has 110 valence electrons. The number of H-pyrrole nitrogens is 1. The highest BCUT2D eigenvalue weighted by atomic mass is 16.4. The summed E-state index contributed by atoms with van der Waals surface area (Å²) in [5.41, 5.74) is 0.218. The Hall–Kier alpha value is -2.38. The lowest BCUT2D eigenvalue weighted by molar-refractivity contribution is -0.137. The number of carbonyl (C=O) groups is 3. The van der Waals surface area contributed by atoms with Crippen molar-refractivity contribution in [1.82, 2.24) is 14.9 Å². The van der Waals surface area contributed by atoms with Crippen LogP contribution in [0.5, 0.6) is 0 Å². The molecule has 0 saturated heterocycles. The van der Waals surface area contributed by atoms with Crippen molar-refractivity contribution in [3.05, 3.63) is 11.5 Å². The van der Waals surface area contributed by atoms with Crippen LogP contribution in [0.25, 0.3) is 0 Å². The number of nitrogens with zero attached hydrogens (tertiary/aromatic N) is 3. The standard InChI is InChI=1S/C12H18N4O4/c1-15(2)12(20)10-11(16(3)7-17)14-8(13-10)5-4-6-9(18)19/h7H,4-6H2,1-3H3,(H,13,14)(H,18,19). The number of rotatable bonds is 7. The summed E-state index contributed by atoms with van der Waals surface area (Å²) in [6.45, 7) is 0. The summed E-state index contributed by atoms with van der Waals surface area (Å²) >= 11 is 0. The Labute approximate surface area is 116 Å². The Balaban J connectivity index is 2.96. The molecule has 1 aromatic heterocycles. The topological polar surface area (TPSA) is 107 Å². The number of amides is 2. The third kappa shape index (κ3) is 3.81. The van der Waals surface area contributed by atoms with Gasteiger partial charge in [-0.05, 0) is 6.42 Å². The first kappa shape index (κ1) is 15.7. The van der Waals surface area contributed by atoms with Crippen molar-refractivity contribution < 1.29 is 19.5 Å². The number of nitrogens with one attached hydrogen (secondary N) is 1. The molecule has 2 N–H and O–H groups in total. The molecule has 0 atom stereocenters. The second kappa shape index (κ2) is 6.69. The highest BCUT2D eigenvalue weighted by molar-refractivity contribution is 5.98. The number of aromatic amines is 1. The molecule has 8 heteroatoms. The van der Waals surface area contributed by atoms with Gasteiger partial charge < -0.3 is 19.9 Å². The summed E-state index contributed by atoms with van der Waals surface area (Å²) in [5, 5.41) is 8.59. The average molecular weight is 282 g/mol. The van der Waals surface area contributed by atoms with E-state index in [0.29, 0.717) is 25.1 Å². The first-order valence-electron chi connectivity index (χ1n) is 6.07. The molecule has 1 heterocycles. The van der Waals surface area contributed by atoms with Crippen LogP contribution in [0.15, 0.2) is 0 Å².